The van der Waals surface area contributed by atoms with E-state index in [1.54, 1.807) is 0 Å². The highest BCUT2D eigenvalue weighted by atomic mass is 35.5. The summed E-state index contributed by atoms with van der Waals surface area (Å²) in [6, 6.07) is 0. The van der Waals surface area contributed by atoms with E-state index in [0.717, 1.165) is 12.2 Å². The van der Waals surface area contributed by atoms with Crippen molar-refractivity contribution < 1.29 is 9.50 Å². The van der Waals surface area contributed by atoms with Crippen molar-refractivity contribution in [1.82, 2.24) is 0 Å². The van der Waals surface area contributed by atoms with Gasteiger partial charge in [0.05, 0.1) is 6.61 Å². The van der Waals surface area contributed by atoms with Crippen LogP contribution in [0.5, 0.6) is 0 Å². The van der Waals surface area contributed by atoms with E-state index in [-0.39, 0.29) is 6.61 Å². The van der Waals surface area contributed by atoms with Crippen molar-refractivity contribution in [1.29, 1.82) is 0 Å². The lowest BCUT2D eigenvalue weighted by molar-refractivity contribution is 0.340. The Balaban J connectivity index is 3.52. The van der Waals surface area contributed by atoms with E-state index in [0.29, 0.717) is 0 Å². The molecular weight excluding hydrogens is 154 g/mol. The molecular formula is C4H5Cl2FO. The predicted molar refractivity (Wildman–Crippen MR) is 31.8 cm³/mol. The summed E-state index contributed by atoms with van der Waals surface area (Å²) >= 11 is 9.63. The molecule has 0 aromatic heterocycles. The third-order valence-electron chi connectivity index (χ3n) is 0.412. The number of rotatable bonds is 2. The van der Waals surface area contributed by atoms with Gasteiger partial charge in [0.15, 0.2) is 0 Å². The molecule has 0 amide bonds. The van der Waals surface area contributed by atoms with E-state index >= 15 is 0 Å². The Hall–Kier alpha value is 0.210. The van der Waals surface area contributed by atoms with Gasteiger partial charge in [-0.15, -0.1) is 0 Å². The highest BCUT2D eigenvalue weighted by Crippen LogP contribution is 2.23. The topological polar surface area (TPSA) is 20.2 Å². The Bertz CT molecular complexity index is 86.5. The second-order valence-corrected chi connectivity index (χ2v) is 2.42. The van der Waals surface area contributed by atoms with E-state index in [4.69, 9.17) is 28.3 Å². The molecule has 0 heterocycles. The van der Waals surface area contributed by atoms with Gasteiger partial charge in [-0.3, -0.25) is 0 Å². The van der Waals surface area contributed by atoms with Gasteiger partial charge in [-0.25, -0.2) is 4.39 Å². The smallest absolute Gasteiger partial charge is 0.276 e. The maximum absolute atomic E-state index is 11.9. The molecule has 0 rings (SSSR count). The van der Waals surface area contributed by atoms with E-state index < -0.39 is 4.59 Å². The summed E-state index contributed by atoms with van der Waals surface area (Å²) in [6.07, 6.45) is 1.98. The van der Waals surface area contributed by atoms with Gasteiger partial charge >= 0.3 is 0 Å². The summed E-state index contributed by atoms with van der Waals surface area (Å²) < 4.78 is 9.56. The van der Waals surface area contributed by atoms with Crippen molar-refractivity contribution in [2.24, 2.45) is 0 Å². The van der Waals surface area contributed by atoms with Crippen molar-refractivity contribution in [3.05, 3.63) is 12.2 Å². The van der Waals surface area contributed by atoms with Crippen LogP contribution in [0.15, 0.2) is 12.2 Å². The minimum Gasteiger partial charge on any atom is -0.392 e. The first-order valence-electron chi connectivity index (χ1n) is 1.91. The molecule has 4 heteroatoms. The van der Waals surface area contributed by atoms with Crippen LogP contribution in [0, 0.1) is 0 Å². The van der Waals surface area contributed by atoms with Crippen LogP contribution in [0.3, 0.4) is 0 Å². The summed E-state index contributed by atoms with van der Waals surface area (Å²) in [6.45, 7) is -0.259. The van der Waals surface area contributed by atoms with Crippen LogP contribution in [-0.2, 0) is 0 Å². The second-order valence-electron chi connectivity index (χ2n) is 1.13. The standard InChI is InChI=1S/C4H5Cl2FO/c5-4(6,7)2-1-3-8/h1-2,8H,3H2. The summed E-state index contributed by atoms with van der Waals surface area (Å²) in [4.78, 5) is 0. The second kappa shape index (κ2) is 3.28. The first-order chi connectivity index (χ1) is 3.56. The van der Waals surface area contributed by atoms with Gasteiger partial charge in [0.2, 0.25) is 0 Å². The van der Waals surface area contributed by atoms with E-state index in [2.05, 4.69) is 0 Å². The maximum atomic E-state index is 11.9. The number of allylic oxidation sites excluding steroid dienone is 1. The lowest BCUT2D eigenvalue weighted by Gasteiger charge is -1.98. The summed E-state index contributed by atoms with van der Waals surface area (Å²) in [5, 5.41) is 8.06. The predicted octanol–water partition coefficient (Wildman–Crippen LogP) is 1.64. The number of alkyl halides is 3. The Kier molecular flexibility index (Phi) is 3.36. The number of hydrogen-bond acceptors (Lipinski definition) is 1. The molecule has 0 aliphatic rings. The molecule has 0 aliphatic heterocycles. The molecule has 0 atom stereocenters. The Morgan fingerprint density at radius 3 is 2.25 bits per heavy atom. The molecule has 0 unspecified atom stereocenters. The van der Waals surface area contributed by atoms with Crippen molar-refractivity contribution in [3.8, 4) is 0 Å². The van der Waals surface area contributed by atoms with Crippen molar-refractivity contribution >= 4 is 23.2 Å². The molecule has 0 spiro atoms. The quantitative estimate of drug-likeness (QED) is 0.479. The maximum Gasteiger partial charge on any atom is 0.276 e. The molecule has 0 radical (unpaired) electrons. The number of hydrogen-bond donors (Lipinski definition) is 1. The van der Waals surface area contributed by atoms with Gasteiger partial charge in [-0.1, -0.05) is 29.3 Å². The van der Waals surface area contributed by atoms with Crippen molar-refractivity contribution in [2.45, 2.75) is 4.59 Å². The van der Waals surface area contributed by atoms with Crippen molar-refractivity contribution in [3.63, 3.8) is 0 Å². The van der Waals surface area contributed by atoms with Gasteiger partial charge < -0.3 is 5.11 Å². The van der Waals surface area contributed by atoms with Crippen LogP contribution in [0.1, 0.15) is 0 Å². The average molecular weight is 159 g/mol. The molecule has 8 heavy (non-hydrogen) atoms. The number of aliphatic hydroxyl groups is 1. The van der Waals surface area contributed by atoms with Crippen LogP contribution in [0.2, 0.25) is 0 Å². The number of aliphatic hydroxyl groups excluding tert-OH is 1. The monoisotopic (exact) mass is 158 g/mol. The molecule has 0 fully saturated rings. The highest BCUT2D eigenvalue weighted by molar-refractivity contribution is 6.48. The van der Waals surface area contributed by atoms with Gasteiger partial charge in [0, 0.05) is 0 Å². The summed E-state index contributed by atoms with van der Waals surface area (Å²) in [7, 11) is 0. The first-order valence-corrected chi connectivity index (χ1v) is 2.67. The van der Waals surface area contributed by atoms with E-state index in [9.17, 15) is 4.39 Å². The zero-order valence-electron chi connectivity index (χ0n) is 3.94. The van der Waals surface area contributed by atoms with Gasteiger partial charge in [0.1, 0.15) is 0 Å². The first kappa shape index (κ1) is 8.21. The molecule has 1 N–H and O–H groups in total. The highest BCUT2D eigenvalue weighted by Gasteiger charge is 2.15. The van der Waals surface area contributed by atoms with Crippen LogP contribution in [0.25, 0.3) is 0 Å². The Morgan fingerprint density at radius 2 is 2.12 bits per heavy atom. The van der Waals surface area contributed by atoms with E-state index in [1.807, 2.05) is 0 Å². The minimum atomic E-state index is -2.34. The van der Waals surface area contributed by atoms with Gasteiger partial charge in [-0.2, -0.15) is 0 Å². The minimum absolute atomic E-state index is 0.259. The third-order valence-corrected chi connectivity index (χ3v) is 0.664. The fourth-order valence-corrected chi connectivity index (χ4v) is 0.365. The van der Waals surface area contributed by atoms with Crippen LogP contribution >= 0.6 is 23.2 Å². The lowest BCUT2D eigenvalue weighted by Crippen LogP contribution is -1.96. The fraction of sp³-hybridized carbons (Fsp3) is 0.500. The largest absolute Gasteiger partial charge is 0.392 e. The van der Waals surface area contributed by atoms with Crippen LogP contribution in [0.4, 0.5) is 4.39 Å². The molecule has 0 aromatic carbocycles. The van der Waals surface area contributed by atoms with Gasteiger partial charge in [-0.05, 0) is 6.08 Å². The van der Waals surface area contributed by atoms with Gasteiger partial charge in [0.25, 0.3) is 4.59 Å². The third kappa shape index (κ3) is 6.21. The summed E-state index contributed by atoms with van der Waals surface area (Å²) in [5.74, 6) is 0. The van der Waals surface area contributed by atoms with E-state index in [1.165, 1.54) is 0 Å². The lowest BCUT2D eigenvalue weighted by atomic mass is 10.5. The van der Waals surface area contributed by atoms with Crippen LogP contribution < -0.4 is 0 Å². The number of halogens is 3. The zero-order chi connectivity index (χ0) is 6.62. The molecule has 48 valence electrons. The summed E-state index contributed by atoms with van der Waals surface area (Å²) in [5.41, 5.74) is 0. The molecule has 0 aromatic rings. The van der Waals surface area contributed by atoms with Crippen LogP contribution in [-0.4, -0.2) is 16.3 Å². The Morgan fingerprint density at radius 1 is 1.62 bits per heavy atom. The Labute approximate surface area is 56.7 Å². The molecule has 0 saturated heterocycles. The zero-order valence-corrected chi connectivity index (χ0v) is 5.45. The molecule has 0 aliphatic carbocycles. The fourth-order valence-electron chi connectivity index (χ4n) is 0.186. The molecule has 0 bridgehead atoms. The molecule has 0 saturated carbocycles. The normalized spacial score (nSPS) is 13.0. The SMILES string of the molecule is OCC=CC(F)(Cl)Cl. The van der Waals surface area contributed by atoms with Crippen molar-refractivity contribution in [2.75, 3.05) is 6.61 Å². The molecule has 1 nitrogen and oxygen atoms in total. The average Bonchev–Trinajstić information content (AvgIpc) is 1.59.